The first-order valence-corrected chi connectivity index (χ1v) is 11.1. The molecule has 0 amide bonds. The van der Waals surface area contributed by atoms with Gasteiger partial charge in [0, 0.05) is 57.2 Å². The maximum atomic E-state index is 13.8. The summed E-state index contributed by atoms with van der Waals surface area (Å²) in [5.74, 6) is 0.500. The molecule has 1 aliphatic heterocycles. The fourth-order valence-electron chi connectivity index (χ4n) is 3.80. The van der Waals surface area contributed by atoms with E-state index in [1.807, 2.05) is 36.7 Å². The molecule has 1 aliphatic rings. The first kappa shape index (κ1) is 22.4. The number of halogens is 1. The number of hydrogen-bond acceptors (Lipinski definition) is 5. The summed E-state index contributed by atoms with van der Waals surface area (Å²) in [6.07, 6.45) is 3.74. The lowest BCUT2D eigenvalue weighted by Crippen LogP contribution is -2.41. The summed E-state index contributed by atoms with van der Waals surface area (Å²) in [6.45, 7) is 7.53. The first-order valence-electron chi connectivity index (χ1n) is 11.1. The van der Waals surface area contributed by atoms with Crippen LogP contribution in [0.15, 0.2) is 73.1 Å². The van der Waals surface area contributed by atoms with Crippen LogP contribution in [-0.2, 0) is 24.4 Å². The lowest BCUT2D eigenvalue weighted by atomic mass is 10.1. The van der Waals surface area contributed by atoms with Crippen molar-refractivity contribution < 1.29 is 13.9 Å². The minimum Gasteiger partial charge on any atom is -0.489 e. The molecule has 0 radical (unpaired) electrons. The van der Waals surface area contributed by atoms with Crippen molar-refractivity contribution in [2.75, 3.05) is 39.4 Å². The Hall–Kier alpha value is -2.80. The van der Waals surface area contributed by atoms with E-state index < -0.39 is 0 Å². The Balaban J connectivity index is 1.35. The standard InChI is InChI=1S/C26H30FN3O2/c27-26-6-2-1-5-24(26)21-32-25-9-7-22(8-10-25)19-30(20-23-4-3-11-28-18-23)13-12-29-14-16-31-17-15-29/h1-11,18H,12-17,19-21H2. The third kappa shape index (κ3) is 6.85. The highest BCUT2D eigenvalue weighted by Gasteiger charge is 2.14. The van der Waals surface area contributed by atoms with Crippen molar-refractivity contribution in [3.05, 3.63) is 95.6 Å². The van der Waals surface area contributed by atoms with Gasteiger partial charge in [-0.05, 0) is 35.4 Å². The number of hydrogen-bond donors (Lipinski definition) is 0. The van der Waals surface area contributed by atoms with Gasteiger partial charge in [-0.3, -0.25) is 14.8 Å². The largest absolute Gasteiger partial charge is 0.489 e. The molecule has 0 bridgehead atoms. The van der Waals surface area contributed by atoms with E-state index in [0.717, 1.165) is 58.2 Å². The van der Waals surface area contributed by atoms with Crippen molar-refractivity contribution >= 4 is 0 Å². The van der Waals surface area contributed by atoms with E-state index in [1.54, 1.807) is 12.1 Å². The van der Waals surface area contributed by atoms with Gasteiger partial charge >= 0.3 is 0 Å². The molecule has 1 aromatic heterocycles. The van der Waals surface area contributed by atoms with Crippen molar-refractivity contribution in [1.82, 2.24) is 14.8 Å². The Kier molecular flexibility index (Phi) is 8.20. The lowest BCUT2D eigenvalue weighted by molar-refractivity contribution is 0.0325. The molecule has 0 N–H and O–H groups in total. The van der Waals surface area contributed by atoms with E-state index in [-0.39, 0.29) is 12.4 Å². The summed E-state index contributed by atoms with van der Waals surface area (Å²) in [6, 6.07) is 18.9. The zero-order valence-corrected chi connectivity index (χ0v) is 18.3. The summed E-state index contributed by atoms with van der Waals surface area (Å²) in [5.41, 5.74) is 2.98. The number of nitrogens with zero attached hydrogens (tertiary/aromatic N) is 3. The average molecular weight is 436 g/mol. The molecule has 0 atom stereocenters. The monoisotopic (exact) mass is 435 g/mol. The lowest BCUT2D eigenvalue weighted by Gasteiger charge is -2.30. The molecule has 4 rings (SSSR count). The minimum atomic E-state index is -0.240. The fourth-order valence-corrected chi connectivity index (χ4v) is 3.80. The molecule has 5 nitrogen and oxygen atoms in total. The van der Waals surface area contributed by atoms with Crippen molar-refractivity contribution in [2.24, 2.45) is 0 Å². The van der Waals surface area contributed by atoms with E-state index in [2.05, 4.69) is 33.0 Å². The number of ether oxygens (including phenoxy) is 2. The van der Waals surface area contributed by atoms with Crippen molar-refractivity contribution in [3.63, 3.8) is 0 Å². The van der Waals surface area contributed by atoms with Crippen LogP contribution in [0.5, 0.6) is 5.75 Å². The van der Waals surface area contributed by atoms with Gasteiger partial charge in [0.1, 0.15) is 18.2 Å². The summed E-state index contributed by atoms with van der Waals surface area (Å²) in [5, 5.41) is 0. The Labute approximate surface area is 189 Å². The van der Waals surface area contributed by atoms with E-state index in [4.69, 9.17) is 9.47 Å². The molecule has 2 aromatic carbocycles. The molecule has 1 fully saturated rings. The molecular formula is C26H30FN3O2. The van der Waals surface area contributed by atoms with Crippen LogP contribution in [0.1, 0.15) is 16.7 Å². The van der Waals surface area contributed by atoms with Crippen LogP contribution in [-0.4, -0.2) is 54.2 Å². The van der Waals surface area contributed by atoms with Crippen LogP contribution in [0, 0.1) is 5.82 Å². The van der Waals surface area contributed by atoms with Crippen molar-refractivity contribution in [2.45, 2.75) is 19.7 Å². The van der Waals surface area contributed by atoms with E-state index in [9.17, 15) is 4.39 Å². The summed E-state index contributed by atoms with van der Waals surface area (Å²) in [7, 11) is 0. The third-order valence-corrected chi connectivity index (χ3v) is 5.65. The second-order valence-electron chi connectivity index (χ2n) is 8.05. The third-order valence-electron chi connectivity index (χ3n) is 5.65. The van der Waals surface area contributed by atoms with Gasteiger partial charge in [-0.2, -0.15) is 0 Å². The Morgan fingerprint density at radius 2 is 1.72 bits per heavy atom. The van der Waals surface area contributed by atoms with Crippen LogP contribution >= 0.6 is 0 Å². The Morgan fingerprint density at radius 1 is 0.938 bits per heavy atom. The number of pyridine rings is 1. The predicted octanol–water partition coefficient (Wildman–Crippen LogP) is 4.13. The van der Waals surface area contributed by atoms with E-state index >= 15 is 0 Å². The summed E-state index contributed by atoms with van der Waals surface area (Å²) in [4.78, 5) is 9.16. The fraction of sp³-hybridized carbons (Fsp3) is 0.346. The number of morpholine rings is 1. The van der Waals surface area contributed by atoms with Crippen LogP contribution in [0.2, 0.25) is 0 Å². The number of benzene rings is 2. The highest BCUT2D eigenvalue weighted by atomic mass is 19.1. The van der Waals surface area contributed by atoms with Gasteiger partial charge in [0.05, 0.1) is 13.2 Å². The van der Waals surface area contributed by atoms with Crippen molar-refractivity contribution in [1.29, 1.82) is 0 Å². The predicted molar refractivity (Wildman–Crippen MR) is 123 cm³/mol. The van der Waals surface area contributed by atoms with E-state index in [1.165, 1.54) is 17.2 Å². The second kappa shape index (κ2) is 11.7. The molecular weight excluding hydrogens is 405 g/mol. The smallest absolute Gasteiger partial charge is 0.129 e. The Morgan fingerprint density at radius 3 is 2.47 bits per heavy atom. The molecule has 3 aromatic rings. The molecule has 168 valence electrons. The van der Waals surface area contributed by atoms with Gasteiger partial charge < -0.3 is 9.47 Å². The maximum absolute atomic E-state index is 13.8. The van der Waals surface area contributed by atoms with Crippen LogP contribution in [0.25, 0.3) is 0 Å². The normalized spacial score (nSPS) is 14.6. The van der Waals surface area contributed by atoms with Gasteiger partial charge in [0.25, 0.3) is 0 Å². The maximum Gasteiger partial charge on any atom is 0.129 e. The van der Waals surface area contributed by atoms with Crippen molar-refractivity contribution in [3.8, 4) is 5.75 Å². The first-order chi connectivity index (χ1) is 15.8. The van der Waals surface area contributed by atoms with Crippen LogP contribution in [0.3, 0.4) is 0 Å². The highest BCUT2D eigenvalue weighted by molar-refractivity contribution is 5.28. The Bertz CT molecular complexity index is 947. The quantitative estimate of drug-likeness (QED) is 0.479. The molecule has 0 spiro atoms. The van der Waals surface area contributed by atoms with Gasteiger partial charge in [0.2, 0.25) is 0 Å². The molecule has 6 heteroatoms. The highest BCUT2D eigenvalue weighted by Crippen LogP contribution is 2.17. The van der Waals surface area contributed by atoms with Crippen LogP contribution in [0.4, 0.5) is 4.39 Å². The minimum absolute atomic E-state index is 0.221. The molecule has 2 heterocycles. The van der Waals surface area contributed by atoms with Gasteiger partial charge in [-0.25, -0.2) is 4.39 Å². The zero-order valence-electron chi connectivity index (χ0n) is 18.3. The zero-order chi connectivity index (χ0) is 22.0. The molecule has 1 saturated heterocycles. The summed E-state index contributed by atoms with van der Waals surface area (Å²) >= 11 is 0. The molecule has 32 heavy (non-hydrogen) atoms. The molecule has 0 saturated carbocycles. The van der Waals surface area contributed by atoms with Gasteiger partial charge in [-0.1, -0.05) is 36.4 Å². The van der Waals surface area contributed by atoms with E-state index in [0.29, 0.717) is 5.56 Å². The SMILES string of the molecule is Fc1ccccc1COc1ccc(CN(CCN2CCOCC2)Cc2cccnc2)cc1. The van der Waals surface area contributed by atoms with Crippen LogP contribution < -0.4 is 4.74 Å². The average Bonchev–Trinajstić information content (AvgIpc) is 2.84. The number of aromatic nitrogens is 1. The van der Waals surface area contributed by atoms with Gasteiger partial charge in [0.15, 0.2) is 0 Å². The molecule has 0 unspecified atom stereocenters. The van der Waals surface area contributed by atoms with Gasteiger partial charge in [-0.15, -0.1) is 0 Å². The number of rotatable bonds is 10. The topological polar surface area (TPSA) is 37.8 Å². The second-order valence-corrected chi connectivity index (χ2v) is 8.05. The summed E-state index contributed by atoms with van der Waals surface area (Å²) < 4.78 is 25.0. The molecule has 0 aliphatic carbocycles.